The number of hydrogen-bond donors (Lipinski definition) is 2. The molecular weight excluding hydrogens is 334 g/mol. The molecule has 0 unspecified atom stereocenters. The minimum atomic E-state index is -0.0919. The molecule has 0 atom stereocenters. The topological polar surface area (TPSA) is 80.7 Å². The number of amidine groups is 1. The summed E-state index contributed by atoms with van der Waals surface area (Å²) in [6.07, 6.45) is 1.49. The van der Waals surface area contributed by atoms with Crippen LogP contribution in [0.25, 0.3) is 0 Å². The number of oxime groups is 1. The molecular formula is C12H9BrClN3O2. The van der Waals surface area contributed by atoms with E-state index in [1.807, 2.05) is 6.07 Å². The Kier molecular flexibility index (Phi) is 4.24. The number of hydrogen-bond acceptors (Lipinski definition) is 4. The second kappa shape index (κ2) is 5.90. The van der Waals surface area contributed by atoms with Gasteiger partial charge in [-0.1, -0.05) is 32.7 Å². The number of nitrogens with zero attached hydrogens (tertiary/aromatic N) is 2. The molecule has 0 fully saturated rings. The summed E-state index contributed by atoms with van der Waals surface area (Å²) in [4.78, 5) is 3.95. The summed E-state index contributed by atoms with van der Waals surface area (Å²) in [5.74, 6) is 0.884. The number of nitrogens with two attached hydrogens (primary N) is 1. The van der Waals surface area contributed by atoms with Crippen molar-refractivity contribution < 1.29 is 9.94 Å². The molecule has 0 bridgehead atoms. The maximum Gasteiger partial charge on any atom is 0.188 e. The first kappa shape index (κ1) is 13.6. The van der Waals surface area contributed by atoms with Crippen LogP contribution < -0.4 is 10.5 Å². The highest BCUT2D eigenvalue weighted by atomic mass is 79.9. The van der Waals surface area contributed by atoms with E-state index in [0.29, 0.717) is 22.2 Å². The van der Waals surface area contributed by atoms with E-state index in [2.05, 4.69) is 26.1 Å². The summed E-state index contributed by atoms with van der Waals surface area (Å²) in [5.41, 5.74) is 5.77. The highest BCUT2D eigenvalue weighted by Crippen LogP contribution is 2.31. The number of benzene rings is 1. The van der Waals surface area contributed by atoms with Gasteiger partial charge in [-0.2, -0.15) is 0 Å². The highest BCUT2D eigenvalue weighted by molar-refractivity contribution is 9.10. The average Bonchev–Trinajstić information content (AvgIpc) is 2.42. The molecule has 98 valence electrons. The van der Waals surface area contributed by atoms with E-state index < -0.39 is 0 Å². The van der Waals surface area contributed by atoms with Gasteiger partial charge >= 0.3 is 0 Å². The summed E-state index contributed by atoms with van der Waals surface area (Å²) in [6, 6.07) is 8.46. The lowest BCUT2D eigenvalue weighted by Crippen LogP contribution is -2.14. The van der Waals surface area contributed by atoms with Gasteiger partial charge in [0.05, 0.1) is 5.02 Å². The molecule has 0 saturated heterocycles. The number of pyridine rings is 1. The summed E-state index contributed by atoms with van der Waals surface area (Å²) >= 11 is 9.36. The molecule has 0 radical (unpaired) electrons. The quantitative estimate of drug-likeness (QED) is 0.388. The molecule has 0 aliphatic rings. The average molecular weight is 343 g/mol. The first-order valence-corrected chi connectivity index (χ1v) is 6.34. The first-order chi connectivity index (χ1) is 9.10. The van der Waals surface area contributed by atoms with Gasteiger partial charge in [0.2, 0.25) is 0 Å². The smallest absolute Gasteiger partial charge is 0.188 e. The van der Waals surface area contributed by atoms with Gasteiger partial charge in [-0.05, 0) is 24.3 Å². The van der Waals surface area contributed by atoms with Crippen LogP contribution in [0.5, 0.6) is 11.5 Å². The summed E-state index contributed by atoms with van der Waals surface area (Å²) in [5, 5.41) is 12.0. The molecule has 1 heterocycles. The number of rotatable bonds is 3. The predicted molar refractivity (Wildman–Crippen MR) is 76.0 cm³/mol. The van der Waals surface area contributed by atoms with E-state index in [0.717, 1.165) is 4.47 Å². The SMILES string of the molecule is NC(=NO)c1cc(Oc2cc(Br)ccc2Cl)ccn1. The van der Waals surface area contributed by atoms with E-state index in [-0.39, 0.29) is 5.84 Å². The van der Waals surface area contributed by atoms with E-state index in [1.54, 1.807) is 24.3 Å². The zero-order valence-electron chi connectivity index (χ0n) is 9.55. The molecule has 2 rings (SSSR count). The second-order valence-corrected chi connectivity index (χ2v) is 4.86. The number of halogens is 2. The summed E-state index contributed by atoms with van der Waals surface area (Å²) in [7, 11) is 0. The van der Waals surface area contributed by atoms with Gasteiger partial charge in [0.1, 0.15) is 17.2 Å². The fourth-order valence-corrected chi connectivity index (χ4v) is 1.84. The normalized spacial score (nSPS) is 11.4. The minimum absolute atomic E-state index is 0.0919. The lowest BCUT2D eigenvalue weighted by Gasteiger charge is -2.08. The van der Waals surface area contributed by atoms with Crippen LogP contribution >= 0.6 is 27.5 Å². The molecule has 0 amide bonds. The molecule has 1 aromatic heterocycles. The van der Waals surface area contributed by atoms with Gasteiger partial charge in [-0.3, -0.25) is 4.98 Å². The Morgan fingerprint density at radius 3 is 2.89 bits per heavy atom. The Labute approximate surface area is 122 Å². The maximum absolute atomic E-state index is 8.60. The Bertz CT molecular complexity index is 634. The van der Waals surface area contributed by atoms with Crippen LogP contribution in [0.2, 0.25) is 5.02 Å². The third-order valence-corrected chi connectivity index (χ3v) is 3.03. The first-order valence-electron chi connectivity index (χ1n) is 5.17. The fraction of sp³-hybridized carbons (Fsp3) is 0. The van der Waals surface area contributed by atoms with Gasteiger partial charge in [0, 0.05) is 16.7 Å². The Morgan fingerprint density at radius 1 is 1.37 bits per heavy atom. The Balaban J connectivity index is 2.31. The van der Waals surface area contributed by atoms with Crippen LogP contribution in [-0.2, 0) is 0 Å². The van der Waals surface area contributed by atoms with Gasteiger partial charge in [0.15, 0.2) is 5.84 Å². The fourth-order valence-electron chi connectivity index (χ4n) is 1.35. The van der Waals surface area contributed by atoms with Crippen LogP contribution in [0.3, 0.4) is 0 Å². The van der Waals surface area contributed by atoms with Crippen molar-refractivity contribution in [3.63, 3.8) is 0 Å². The monoisotopic (exact) mass is 341 g/mol. The van der Waals surface area contributed by atoms with Crippen molar-refractivity contribution in [1.82, 2.24) is 4.98 Å². The molecule has 0 aliphatic carbocycles. The third-order valence-electron chi connectivity index (χ3n) is 2.22. The highest BCUT2D eigenvalue weighted by Gasteiger charge is 2.07. The van der Waals surface area contributed by atoms with Crippen LogP contribution in [0.4, 0.5) is 0 Å². The van der Waals surface area contributed by atoms with Crippen LogP contribution in [0, 0.1) is 0 Å². The Hall–Kier alpha value is -1.79. The van der Waals surface area contributed by atoms with E-state index in [9.17, 15) is 0 Å². The zero-order chi connectivity index (χ0) is 13.8. The van der Waals surface area contributed by atoms with Crippen molar-refractivity contribution in [2.75, 3.05) is 0 Å². The minimum Gasteiger partial charge on any atom is -0.456 e. The van der Waals surface area contributed by atoms with Gasteiger partial charge in [-0.15, -0.1) is 0 Å². The lowest BCUT2D eigenvalue weighted by atomic mass is 10.3. The lowest BCUT2D eigenvalue weighted by molar-refractivity contribution is 0.318. The van der Waals surface area contributed by atoms with Crippen molar-refractivity contribution in [3.8, 4) is 11.5 Å². The van der Waals surface area contributed by atoms with Crippen LogP contribution in [-0.4, -0.2) is 16.0 Å². The van der Waals surface area contributed by atoms with Crippen molar-refractivity contribution in [1.29, 1.82) is 0 Å². The van der Waals surface area contributed by atoms with Gasteiger partial charge in [-0.25, -0.2) is 0 Å². The molecule has 0 spiro atoms. The van der Waals surface area contributed by atoms with Crippen molar-refractivity contribution in [2.24, 2.45) is 10.9 Å². The second-order valence-electron chi connectivity index (χ2n) is 3.54. The third kappa shape index (κ3) is 3.36. The molecule has 2 aromatic rings. The predicted octanol–water partition coefficient (Wildman–Crippen LogP) is 3.38. The van der Waals surface area contributed by atoms with Crippen molar-refractivity contribution in [2.45, 2.75) is 0 Å². The Morgan fingerprint density at radius 2 is 2.16 bits per heavy atom. The zero-order valence-corrected chi connectivity index (χ0v) is 11.9. The molecule has 3 N–H and O–H groups in total. The largest absolute Gasteiger partial charge is 0.456 e. The van der Waals surface area contributed by atoms with E-state index >= 15 is 0 Å². The number of aromatic nitrogens is 1. The summed E-state index contributed by atoms with van der Waals surface area (Å²) < 4.78 is 6.48. The van der Waals surface area contributed by atoms with Crippen molar-refractivity contribution in [3.05, 3.63) is 51.7 Å². The van der Waals surface area contributed by atoms with Crippen LogP contribution in [0.1, 0.15) is 5.69 Å². The van der Waals surface area contributed by atoms with Gasteiger partial charge in [0.25, 0.3) is 0 Å². The molecule has 7 heteroatoms. The van der Waals surface area contributed by atoms with E-state index in [4.69, 9.17) is 27.3 Å². The van der Waals surface area contributed by atoms with E-state index in [1.165, 1.54) is 6.20 Å². The molecule has 1 aromatic carbocycles. The summed E-state index contributed by atoms with van der Waals surface area (Å²) in [6.45, 7) is 0. The maximum atomic E-state index is 8.60. The van der Waals surface area contributed by atoms with Crippen LogP contribution in [0.15, 0.2) is 46.2 Å². The molecule has 0 saturated carbocycles. The van der Waals surface area contributed by atoms with Crippen molar-refractivity contribution >= 4 is 33.4 Å². The van der Waals surface area contributed by atoms with Gasteiger partial charge < -0.3 is 15.7 Å². The molecule has 0 aliphatic heterocycles. The number of ether oxygens (including phenoxy) is 1. The standard InChI is InChI=1S/C12H9BrClN3O2/c13-7-1-2-9(14)11(5-7)19-8-3-4-16-10(6-8)12(15)17-18/h1-6,18H,(H2,15,17). The molecule has 19 heavy (non-hydrogen) atoms. The molecule has 5 nitrogen and oxygen atoms in total.